The van der Waals surface area contributed by atoms with E-state index in [1.165, 1.54) is 12.1 Å². The fourth-order valence-electron chi connectivity index (χ4n) is 1.63. The maximum atomic E-state index is 12.4. The summed E-state index contributed by atoms with van der Waals surface area (Å²) in [5.41, 5.74) is 5.51. The van der Waals surface area contributed by atoms with Gasteiger partial charge in [0.15, 0.2) is 5.82 Å². The summed E-state index contributed by atoms with van der Waals surface area (Å²) < 4.78 is 42.4. The lowest BCUT2D eigenvalue weighted by atomic mass is 10.1. The third-order valence-electron chi connectivity index (χ3n) is 2.90. The van der Waals surface area contributed by atoms with Crippen molar-refractivity contribution >= 4 is 0 Å². The molecule has 1 atom stereocenters. The van der Waals surface area contributed by atoms with Gasteiger partial charge in [-0.2, -0.15) is 18.2 Å². The molecule has 0 amide bonds. The molecule has 0 aliphatic heterocycles. The van der Waals surface area contributed by atoms with Gasteiger partial charge in [-0.3, -0.25) is 0 Å². The Labute approximate surface area is 113 Å². The molecule has 1 unspecified atom stereocenters. The molecule has 0 bridgehead atoms. The van der Waals surface area contributed by atoms with Crippen LogP contribution >= 0.6 is 0 Å². The predicted octanol–water partition coefficient (Wildman–Crippen LogP) is 3.04. The molecule has 1 aromatic carbocycles. The summed E-state index contributed by atoms with van der Waals surface area (Å²) in [6.07, 6.45) is -3.10. The highest BCUT2D eigenvalue weighted by atomic mass is 19.4. The Kier molecular flexibility index (Phi) is 4.08. The van der Waals surface area contributed by atoms with Crippen LogP contribution in [0.2, 0.25) is 0 Å². The highest BCUT2D eigenvalue weighted by Gasteiger charge is 2.30. The lowest BCUT2D eigenvalue weighted by molar-refractivity contribution is -0.137. The number of benzene rings is 1. The van der Waals surface area contributed by atoms with Gasteiger partial charge in [0, 0.05) is 18.0 Å². The average molecular weight is 285 g/mol. The largest absolute Gasteiger partial charge is 0.416 e. The minimum atomic E-state index is -4.35. The number of hydrogen-bond donors (Lipinski definition) is 1. The quantitative estimate of drug-likeness (QED) is 0.937. The lowest BCUT2D eigenvalue weighted by Gasteiger charge is -2.05. The molecule has 0 spiro atoms. The van der Waals surface area contributed by atoms with Gasteiger partial charge in [0.05, 0.1) is 5.56 Å². The molecule has 20 heavy (non-hydrogen) atoms. The van der Waals surface area contributed by atoms with Crippen molar-refractivity contribution in [1.29, 1.82) is 0 Å². The van der Waals surface area contributed by atoms with E-state index >= 15 is 0 Å². The first-order valence-corrected chi connectivity index (χ1v) is 6.16. The van der Waals surface area contributed by atoms with Gasteiger partial charge in [-0.25, -0.2) is 0 Å². The van der Waals surface area contributed by atoms with Gasteiger partial charge in [0.2, 0.25) is 0 Å². The van der Waals surface area contributed by atoms with Crippen molar-refractivity contribution in [3.8, 4) is 11.5 Å². The lowest BCUT2D eigenvalue weighted by Crippen LogP contribution is -2.21. The number of alkyl halides is 3. The van der Waals surface area contributed by atoms with Gasteiger partial charge in [-0.15, -0.1) is 0 Å². The number of nitrogens with two attached hydrogens (primary N) is 1. The average Bonchev–Trinajstić information content (AvgIpc) is 2.86. The van der Waals surface area contributed by atoms with Gasteiger partial charge in [-0.05, 0) is 30.7 Å². The molecule has 0 saturated carbocycles. The molecule has 4 nitrogen and oxygen atoms in total. The zero-order valence-corrected chi connectivity index (χ0v) is 10.8. The number of aromatic nitrogens is 2. The van der Waals surface area contributed by atoms with E-state index in [9.17, 15) is 13.2 Å². The highest BCUT2D eigenvalue weighted by Crippen LogP contribution is 2.30. The first-order valence-electron chi connectivity index (χ1n) is 6.16. The van der Waals surface area contributed by atoms with E-state index in [1.807, 2.05) is 6.92 Å². The first kappa shape index (κ1) is 14.5. The summed E-state index contributed by atoms with van der Waals surface area (Å²) in [4.78, 5) is 4.12. The monoisotopic (exact) mass is 285 g/mol. The zero-order valence-electron chi connectivity index (χ0n) is 10.8. The summed E-state index contributed by atoms with van der Waals surface area (Å²) in [6.45, 7) is 1.95. The molecule has 0 radical (unpaired) electrons. The Morgan fingerprint density at radius 2 is 1.90 bits per heavy atom. The molecule has 2 rings (SSSR count). The molecule has 2 aromatic rings. The minimum Gasteiger partial charge on any atom is -0.334 e. The maximum Gasteiger partial charge on any atom is 0.416 e. The SMILES string of the molecule is CCC(N)Cc1noc(-c2ccc(C(F)(F)F)cc2)n1. The fourth-order valence-corrected chi connectivity index (χ4v) is 1.63. The maximum absolute atomic E-state index is 12.4. The topological polar surface area (TPSA) is 64.9 Å². The summed E-state index contributed by atoms with van der Waals surface area (Å²) in [5.74, 6) is 0.645. The molecular formula is C13H14F3N3O. The van der Waals surface area contributed by atoms with Crippen LogP contribution < -0.4 is 5.73 Å². The van der Waals surface area contributed by atoms with Crippen LogP contribution in [-0.2, 0) is 12.6 Å². The van der Waals surface area contributed by atoms with E-state index in [-0.39, 0.29) is 11.9 Å². The summed E-state index contributed by atoms with van der Waals surface area (Å²) in [6, 6.07) is 4.52. The minimum absolute atomic E-state index is 0.0620. The van der Waals surface area contributed by atoms with Crippen molar-refractivity contribution in [3.63, 3.8) is 0 Å². The van der Waals surface area contributed by atoms with Crippen LogP contribution in [0.5, 0.6) is 0 Å². The van der Waals surface area contributed by atoms with E-state index in [0.29, 0.717) is 17.8 Å². The van der Waals surface area contributed by atoms with Crippen molar-refractivity contribution in [2.75, 3.05) is 0 Å². The van der Waals surface area contributed by atoms with Crippen LogP contribution in [0.1, 0.15) is 24.7 Å². The van der Waals surface area contributed by atoms with Gasteiger partial charge in [0.25, 0.3) is 5.89 Å². The van der Waals surface area contributed by atoms with Crippen LogP contribution in [-0.4, -0.2) is 16.2 Å². The number of nitrogens with zero attached hydrogens (tertiary/aromatic N) is 2. The van der Waals surface area contributed by atoms with E-state index in [2.05, 4.69) is 10.1 Å². The van der Waals surface area contributed by atoms with Crippen LogP contribution in [0, 0.1) is 0 Å². The molecule has 7 heteroatoms. The Morgan fingerprint density at radius 1 is 1.25 bits per heavy atom. The molecule has 2 N–H and O–H groups in total. The Balaban J connectivity index is 2.16. The van der Waals surface area contributed by atoms with Crippen molar-refractivity contribution in [1.82, 2.24) is 10.1 Å². The second-order valence-electron chi connectivity index (χ2n) is 4.46. The molecule has 1 aromatic heterocycles. The number of halogens is 3. The normalized spacial score (nSPS) is 13.4. The van der Waals surface area contributed by atoms with Gasteiger partial charge in [0.1, 0.15) is 0 Å². The van der Waals surface area contributed by atoms with E-state index < -0.39 is 11.7 Å². The predicted molar refractivity (Wildman–Crippen MR) is 66.7 cm³/mol. The number of rotatable bonds is 4. The summed E-state index contributed by atoms with van der Waals surface area (Å²) in [7, 11) is 0. The smallest absolute Gasteiger partial charge is 0.334 e. The zero-order chi connectivity index (χ0) is 14.8. The Hall–Kier alpha value is -1.89. The van der Waals surface area contributed by atoms with Gasteiger partial charge in [-0.1, -0.05) is 12.1 Å². The van der Waals surface area contributed by atoms with Crippen molar-refractivity contribution in [2.45, 2.75) is 32.0 Å². The Bertz CT molecular complexity index is 563. The molecule has 0 fully saturated rings. The number of hydrogen-bond acceptors (Lipinski definition) is 4. The summed E-state index contributed by atoms with van der Waals surface area (Å²) >= 11 is 0. The van der Waals surface area contributed by atoms with E-state index in [0.717, 1.165) is 18.6 Å². The van der Waals surface area contributed by atoms with Crippen LogP contribution in [0.4, 0.5) is 13.2 Å². The molecular weight excluding hydrogens is 271 g/mol. The van der Waals surface area contributed by atoms with Crippen molar-refractivity contribution < 1.29 is 17.7 Å². The second kappa shape index (κ2) is 5.62. The molecule has 0 saturated heterocycles. The third kappa shape index (κ3) is 3.36. The van der Waals surface area contributed by atoms with Crippen LogP contribution in [0.25, 0.3) is 11.5 Å². The first-order chi connectivity index (χ1) is 9.40. The standard InChI is InChI=1S/C13H14F3N3O/c1-2-10(17)7-11-18-12(20-19-11)8-3-5-9(6-4-8)13(14,15)16/h3-6,10H,2,7,17H2,1H3. The fraction of sp³-hybridized carbons (Fsp3) is 0.385. The van der Waals surface area contributed by atoms with E-state index in [1.54, 1.807) is 0 Å². The molecule has 0 aliphatic rings. The molecule has 108 valence electrons. The highest BCUT2D eigenvalue weighted by molar-refractivity contribution is 5.53. The second-order valence-corrected chi connectivity index (χ2v) is 4.46. The Morgan fingerprint density at radius 3 is 2.45 bits per heavy atom. The van der Waals surface area contributed by atoms with E-state index in [4.69, 9.17) is 10.3 Å². The van der Waals surface area contributed by atoms with Gasteiger partial charge >= 0.3 is 6.18 Å². The van der Waals surface area contributed by atoms with Crippen molar-refractivity contribution in [2.24, 2.45) is 5.73 Å². The van der Waals surface area contributed by atoms with Crippen molar-refractivity contribution in [3.05, 3.63) is 35.7 Å². The van der Waals surface area contributed by atoms with Gasteiger partial charge < -0.3 is 10.3 Å². The third-order valence-corrected chi connectivity index (χ3v) is 2.90. The van der Waals surface area contributed by atoms with Crippen LogP contribution in [0.3, 0.4) is 0 Å². The summed E-state index contributed by atoms with van der Waals surface area (Å²) in [5, 5.41) is 3.76. The van der Waals surface area contributed by atoms with Crippen LogP contribution in [0.15, 0.2) is 28.8 Å². The molecule has 1 heterocycles. The molecule has 0 aliphatic carbocycles.